The van der Waals surface area contributed by atoms with Crippen LogP contribution in [0.3, 0.4) is 0 Å². The molecule has 1 rings (SSSR count). The van der Waals surface area contributed by atoms with E-state index in [9.17, 15) is 0 Å². The van der Waals surface area contributed by atoms with Gasteiger partial charge in [-0.15, -0.1) is 0 Å². The average molecular weight is 505 g/mol. The highest BCUT2D eigenvalue weighted by atomic mass is 79.9. The molecule has 0 aliphatic heterocycles. The molecule has 0 aliphatic carbocycles. The molecule has 6 heteroatoms. The van der Waals surface area contributed by atoms with E-state index in [2.05, 4.69) is 63.0 Å². The molecule has 0 spiro atoms. The fraction of sp³-hybridized carbons (Fsp3) is 0.571. The Kier molecular flexibility index (Phi) is 12.5. The summed E-state index contributed by atoms with van der Waals surface area (Å²) in [5.41, 5.74) is 3.34. The quantitative estimate of drug-likeness (QED) is 0.169. The molecule has 0 bridgehead atoms. The first-order valence-electron chi connectivity index (χ1n) is 9.53. The van der Waals surface area contributed by atoms with Gasteiger partial charge in [0.1, 0.15) is 24.7 Å². The summed E-state index contributed by atoms with van der Waals surface area (Å²) in [6, 6.07) is 4.21. The lowest BCUT2D eigenvalue weighted by atomic mass is 10.0. The second kappa shape index (κ2) is 14.1. The van der Waals surface area contributed by atoms with Crippen molar-refractivity contribution in [1.82, 2.24) is 0 Å². The summed E-state index contributed by atoms with van der Waals surface area (Å²) in [7, 11) is 0. The van der Waals surface area contributed by atoms with Crippen LogP contribution < -0.4 is 9.47 Å². The molecule has 1 aromatic rings. The number of ether oxygens (including phenoxy) is 2. The highest BCUT2D eigenvalue weighted by Crippen LogP contribution is 2.32. The number of hydrogen-bond donors (Lipinski definition) is 0. The van der Waals surface area contributed by atoms with Crippen molar-refractivity contribution in [3.05, 3.63) is 32.7 Å². The van der Waals surface area contributed by atoms with Gasteiger partial charge in [0, 0.05) is 6.42 Å². The van der Waals surface area contributed by atoms with Crippen molar-refractivity contribution < 1.29 is 14.3 Å². The molecule has 0 unspecified atom stereocenters. The predicted molar refractivity (Wildman–Crippen MR) is 121 cm³/mol. The van der Waals surface area contributed by atoms with Gasteiger partial charge in [0.25, 0.3) is 0 Å². The molecular formula is C21H31Br2NO3. The van der Waals surface area contributed by atoms with Crippen molar-refractivity contribution in [2.24, 2.45) is 5.16 Å². The van der Waals surface area contributed by atoms with Crippen LogP contribution in [0.25, 0.3) is 0 Å². The SMILES string of the molecule is CCCc1cc(OCC=C(Br)Br)cc(CCC)c1OCCCON=C(C)C. The lowest BCUT2D eigenvalue weighted by Crippen LogP contribution is -2.07. The van der Waals surface area contributed by atoms with E-state index in [1.807, 2.05) is 19.9 Å². The Morgan fingerprint density at radius 3 is 2.15 bits per heavy atom. The zero-order chi connectivity index (χ0) is 20.1. The van der Waals surface area contributed by atoms with Gasteiger partial charge in [0.05, 0.1) is 15.7 Å². The van der Waals surface area contributed by atoms with E-state index < -0.39 is 0 Å². The maximum atomic E-state index is 6.17. The number of hydrogen-bond acceptors (Lipinski definition) is 4. The molecule has 1 aromatic carbocycles. The Bertz CT molecular complexity index is 595. The van der Waals surface area contributed by atoms with Crippen molar-refractivity contribution >= 4 is 37.6 Å². The first kappa shape index (κ1) is 24.0. The molecule has 27 heavy (non-hydrogen) atoms. The number of oxime groups is 1. The van der Waals surface area contributed by atoms with Crippen LogP contribution in [-0.2, 0) is 17.7 Å². The summed E-state index contributed by atoms with van der Waals surface area (Å²) in [6.07, 6.45) is 6.80. The number of halogens is 2. The zero-order valence-electron chi connectivity index (χ0n) is 16.8. The standard InChI is InChI=1S/C21H31Br2NO3/c1-5-8-17-14-19(25-13-10-20(22)23)15-18(9-6-2)21(17)26-11-7-12-27-24-16(3)4/h10,14-15H,5-9,11-13H2,1-4H3. The Hall–Kier alpha value is -1.01. The topological polar surface area (TPSA) is 40.0 Å². The molecule has 0 aromatic heterocycles. The Morgan fingerprint density at radius 2 is 1.63 bits per heavy atom. The molecule has 0 heterocycles. The highest BCUT2D eigenvalue weighted by molar-refractivity contribution is 9.28. The van der Waals surface area contributed by atoms with E-state index in [0.717, 1.165) is 52.7 Å². The van der Waals surface area contributed by atoms with E-state index in [-0.39, 0.29) is 0 Å². The normalized spacial score (nSPS) is 10.3. The van der Waals surface area contributed by atoms with Gasteiger partial charge in [-0.05, 0) is 87.9 Å². The van der Waals surface area contributed by atoms with E-state index in [1.165, 1.54) is 11.1 Å². The van der Waals surface area contributed by atoms with Gasteiger partial charge in [0.15, 0.2) is 0 Å². The van der Waals surface area contributed by atoms with Crippen LogP contribution in [0.1, 0.15) is 58.1 Å². The van der Waals surface area contributed by atoms with Gasteiger partial charge < -0.3 is 14.3 Å². The molecule has 0 radical (unpaired) electrons. The van der Waals surface area contributed by atoms with E-state index in [0.29, 0.717) is 19.8 Å². The molecule has 0 amide bonds. The third kappa shape index (κ3) is 10.2. The third-order valence-electron chi connectivity index (χ3n) is 3.62. The Labute approximate surface area is 180 Å². The van der Waals surface area contributed by atoms with Crippen molar-refractivity contribution in [1.29, 1.82) is 0 Å². The van der Waals surface area contributed by atoms with Gasteiger partial charge in [-0.1, -0.05) is 31.8 Å². The van der Waals surface area contributed by atoms with Crippen molar-refractivity contribution in [3.63, 3.8) is 0 Å². The third-order valence-corrected chi connectivity index (χ3v) is 4.26. The van der Waals surface area contributed by atoms with Gasteiger partial charge in [-0.25, -0.2) is 0 Å². The monoisotopic (exact) mass is 503 g/mol. The number of aryl methyl sites for hydroxylation is 2. The second-order valence-electron chi connectivity index (χ2n) is 6.45. The van der Waals surface area contributed by atoms with Gasteiger partial charge in [0.2, 0.25) is 0 Å². The van der Waals surface area contributed by atoms with E-state index in [4.69, 9.17) is 14.3 Å². The highest BCUT2D eigenvalue weighted by Gasteiger charge is 2.13. The summed E-state index contributed by atoms with van der Waals surface area (Å²) >= 11 is 6.70. The summed E-state index contributed by atoms with van der Waals surface area (Å²) in [5, 5.41) is 3.95. The molecule has 0 aliphatic rings. The van der Waals surface area contributed by atoms with Crippen molar-refractivity contribution in [2.45, 2.75) is 59.8 Å². The van der Waals surface area contributed by atoms with Crippen LogP contribution in [0.5, 0.6) is 11.5 Å². The summed E-state index contributed by atoms with van der Waals surface area (Å²) in [6.45, 7) is 9.89. The van der Waals surface area contributed by atoms with Gasteiger partial charge in [-0.3, -0.25) is 0 Å². The molecule has 0 saturated heterocycles. The minimum Gasteiger partial charge on any atom is -0.493 e. The van der Waals surface area contributed by atoms with Crippen LogP contribution in [0.15, 0.2) is 26.8 Å². The minimum atomic E-state index is 0.512. The average Bonchev–Trinajstić information content (AvgIpc) is 2.59. The zero-order valence-corrected chi connectivity index (χ0v) is 20.0. The molecule has 0 fully saturated rings. The minimum absolute atomic E-state index is 0.512. The van der Waals surface area contributed by atoms with Crippen LogP contribution >= 0.6 is 31.9 Å². The molecule has 0 saturated carbocycles. The molecule has 152 valence electrons. The van der Waals surface area contributed by atoms with Crippen molar-refractivity contribution in [2.75, 3.05) is 19.8 Å². The Morgan fingerprint density at radius 1 is 1.00 bits per heavy atom. The van der Waals surface area contributed by atoms with E-state index >= 15 is 0 Å². The largest absolute Gasteiger partial charge is 0.493 e. The number of nitrogens with zero attached hydrogens (tertiary/aromatic N) is 1. The maximum Gasteiger partial charge on any atom is 0.125 e. The van der Waals surface area contributed by atoms with Crippen LogP contribution in [0.4, 0.5) is 0 Å². The smallest absolute Gasteiger partial charge is 0.125 e. The first-order chi connectivity index (χ1) is 13.0. The van der Waals surface area contributed by atoms with Crippen molar-refractivity contribution in [3.8, 4) is 11.5 Å². The molecule has 0 atom stereocenters. The molecular weight excluding hydrogens is 474 g/mol. The predicted octanol–water partition coefficient (Wildman–Crippen LogP) is 6.78. The van der Waals surface area contributed by atoms with Crippen LogP contribution in [-0.4, -0.2) is 25.5 Å². The fourth-order valence-electron chi connectivity index (χ4n) is 2.57. The first-order valence-corrected chi connectivity index (χ1v) is 11.1. The number of benzene rings is 1. The van der Waals surface area contributed by atoms with Crippen LogP contribution in [0.2, 0.25) is 0 Å². The van der Waals surface area contributed by atoms with Gasteiger partial charge >= 0.3 is 0 Å². The summed E-state index contributed by atoms with van der Waals surface area (Å²) in [5.74, 6) is 1.90. The lowest BCUT2D eigenvalue weighted by molar-refractivity contribution is 0.127. The van der Waals surface area contributed by atoms with Crippen LogP contribution in [0, 0.1) is 0 Å². The van der Waals surface area contributed by atoms with Gasteiger partial charge in [-0.2, -0.15) is 0 Å². The molecule has 0 N–H and O–H groups in total. The maximum absolute atomic E-state index is 6.17. The number of rotatable bonds is 13. The van der Waals surface area contributed by atoms with E-state index in [1.54, 1.807) is 0 Å². The Balaban J connectivity index is 2.85. The molecule has 4 nitrogen and oxygen atoms in total. The summed E-state index contributed by atoms with van der Waals surface area (Å²) in [4.78, 5) is 5.25. The second-order valence-corrected chi connectivity index (χ2v) is 9.22. The summed E-state index contributed by atoms with van der Waals surface area (Å²) < 4.78 is 13.0. The lowest BCUT2D eigenvalue weighted by Gasteiger charge is -2.18. The fourth-order valence-corrected chi connectivity index (χ4v) is 2.84.